The van der Waals surface area contributed by atoms with Gasteiger partial charge in [0.2, 0.25) is 11.8 Å². The number of amides is 2. The summed E-state index contributed by atoms with van der Waals surface area (Å²) in [4.78, 5) is 24.7. The van der Waals surface area contributed by atoms with Crippen LogP contribution >= 0.6 is 0 Å². The standard InChI is InChI=1S/C8H14N4O2.C2HF6NO4S2/c9-7(13)1-2-11-3-4-12(6-11)5-8(10)14;3-1(4,5)14(10,11)9-15(12,13)2(6,7)8/h3-4H,1-2,5-6H2,(H2,9,13)(H2,10,14);9H. The molecule has 5 N–H and O–H groups in total. The van der Waals surface area contributed by atoms with Crippen LogP contribution in [0.15, 0.2) is 12.4 Å². The summed E-state index contributed by atoms with van der Waals surface area (Å²) in [6.07, 6.45) is 3.90. The molecule has 0 aromatic rings. The topological polar surface area (TPSA) is 173 Å². The number of carbonyl (C=O) groups is 2. The van der Waals surface area contributed by atoms with Gasteiger partial charge in [-0.2, -0.15) is 26.3 Å². The van der Waals surface area contributed by atoms with Gasteiger partial charge in [-0.15, -0.1) is 0 Å². The quantitative estimate of drug-likeness (QED) is 0.377. The number of sulfonamides is 2. The monoisotopic (exact) mass is 479 g/mol. The van der Waals surface area contributed by atoms with Gasteiger partial charge in [0.1, 0.15) is 0 Å². The molecule has 0 fully saturated rings. The molecule has 0 aromatic heterocycles. The van der Waals surface area contributed by atoms with Gasteiger partial charge in [-0.25, -0.2) is 16.8 Å². The third kappa shape index (κ3) is 9.17. The van der Waals surface area contributed by atoms with E-state index < -0.39 is 35.2 Å². The van der Waals surface area contributed by atoms with Crippen LogP contribution in [-0.2, 0) is 29.6 Å². The van der Waals surface area contributed by atoms with Crippen molar-refractivity contribution < 1.29 is 52.8 Å². The van der Waals surface area contributed by atoms with Crippen LogP contribution in [0.1, 0.15) is 6.42 Å². The van der Waals surface area contributed by atoms with Crippen LogP contribution in [-0.4, -0.2) is 69.2 Å². The van der Waals surface area contributed by atoms with E-state index in [1.165, 1.54) is 0 Å². The Morgan fingerprint density at radius 2 is 1.28 bits per heavy atom. The Morgan fingerprint density at radius 3 is 1.62 bits per heavy atom. The van der Waals surface area contributed by atoms with E-state index in [0.717, 1.165) is 0 Å². The minimum absolute atomic E-state index is 0.198. The van der Waals surface area contributed by atoms with Crippen molar-refractivity contribution in [3.63, 3.8) is 0 Å². The largest absolute Gasteiger partial charge is 0.512 e. The molecule has 1 rings (SSSR count). The Hall–Kier alpha value is -2.28. The van der Waals surface area contributed by atoms with Crippen LogP contribution in [0.25, 0.3) is 0 Å². The molecule has 0 saturated heterocycles. The summed E-state index contributed by atoms with van der Waals surface area (Å²) in [5.41, 5.74) is -2.25. The summed E-state index contributed by atoms with van der Waals surface area (Å²) in [5.74, 6) is -0.696. The van der Waals surface area contributed by atoms with Crippen LogP contribution in [0.4, 0.5) is 26.3 Å². The highest BCUT2D eigenvalue weighted by atomic mass is 32.3. The lowest BCUT2D eigenvalue weighted by Gasteiger charge is -2.19. The minimum Gasteiger partial charge on any atom is -0.370 e. The van der Waals surface area contributed by atoms with Crippen LogP contribution in [0.5, 0.6) is 0 Å². The van der Waals surface area contributed by atoms with Gasteiger partial charge in [0.05, 0.1) is 13.2 Å². The summed E-state index contributed by atoms with van der Waals surface area (Å²) in [6, 6.07) is 0. The zero-order chi connectivity index (χ0) is 23.3. The summed E-state index contributed by atoms with van der Waals surface area (Å²) in [5, 5.41) is 0. The minimum atomic E-state index is -6.60. The molecule has 1 aliphatic heterocycles. The number of hydrogen-bond donors (Lipinski definition) is 3. The predicted molar refractivity (Wildman–Crippen MR) is 83.5 cm³/mol. The van der Waals surface area contributed by atoms with Crippen molar-refractivity contribution in [3.05, 3.63) is 12.4 Å². The van der Waals surface area contributed by atoms with Crippen LogP contribution < -0.4 is 15.6 Å². The smallest absolute Gasteiger partial charge is 0.370 e. The molecule has 11 nitrogen and oxygen atoms in total. The molecule has 19 heteroatoms. The number of nitrogens with one attached hydrogen (secondary N) is 1. The summed E-state index contributed by atoms with van der Waals surface area (Å²) in [7, 11) is -13.2. The van der Waals surface area contributed by atoms with E-state index in [9.17, 15) is 52.8 Å². The highest BCUT2D eigenvalue weighted by Crippen LogP contribution is 2.27. The highest BCUT2D eigenvalue weighted by molar-refractivity contribution is 8.05. The van der Waals surface area contributed by atoms with Crippen molar-refractivity contribution in [2.75, 3.05) is 19.8 Å². The molecule has 0 aromatic carbocycles. The Kier molecular flexibility index (Phi) is 8.73. The average molecular weight is 479 g/mol. The summed E-state index contributed by atoms with van der Waals surface area (Å²) in [6.45, 7) is 1.35. The highest BCUT2D eigenvalue weighted by Gasteiger charge is 2.55. The van der Waals surface area contributed by atoms with Crippen molar-refractivity contribution in [1.82, 2.24) is 13.9 Å². The number of nitrogens with zero attached hydrogens (tertiary/aromatic N) is 2. The second-order valence-corrected chi connectivity index (χ2v) is 8.77. The van der Waals surface area contributed by atoms with E-state index in [-0.39, 0.29) is 18.4 Å². The van der Waals surface area contributed by atoms with E-state index >= 15 is 0 Å². The molecule has 0 unspecified atom stereocenters. The SMILES string of the molecule is NC(=O)CCN1C=CN(CC(N)=O)C1.O=S(=O)(NS(=O)(=O)C(F)(F)F)C(F)(F)F. The molecular formula is C10H15F6N5O6S2. The number of alkyl halides is 6. The van der Waals surface area contributed by atoms with Crippen LogP contribution in [0, 0.1) is 0 Å². The number of nitrogens with two attached hydrogens (primary N) is 2. The number of hydrogen-bond acceptors (Lipinski definition) is 8. The van der Waals surface area contributed by atoms with E-state index in [0.29, 0.717) is 19.6 Å². The molecule has 0 bridgehead atoms. The third-order valence-electron chi connectivity index (χ3n) is 2.68. The van der Waals surface area contributed by atoms with Gasteiger partial charge in [-0.3, -0.25) is 9.59 Å². The molecule has 0 radical (unpaired) electrons. The van der Waals surface area contributed by atoms with Gasteiger partial charge < -0.3 is 21.3 Å². The van der Waals surface area contributed by atoms with Gasteiger partial charge in [-0.05, 0) is 0 Å². The normalized spacial score (nSPS) is 15.1. The number of rotatable bonds is 7. The van der Waals surface area contributed by atoms with Crippen LogP contribution in [0.2, 0.25) is 0 Å². The molecule has 170 valence electrons. The fourth-order valence-corrected chi connectivity index (χ4v) is 3.37. The maximum Gasteiger partial charge on any atom is 0.512 e. The van der Waals surface area contributed by atoms with Crippen molar-refractivity contribution >= 4 is 31.9 Å². The Bertz CT molecular complexity index is 796. The molecular weight excluding hydrogens is 464 g/mol. The van der Waals surface area contributed by atoms with E-state index in [1.807, 2.05) is 11.1 Å². The second-order valence-electron chi connectivity index (χ2n) is 5.16. The lowest BCUT2D eigenvalue weighted by molar-refractivity contribution is -0.119. The Labute approximate surface area is 160 Å². The predicted octanol–water partition coefficient (Wildman–Crippen LogP) is -1.33. The lowest BCUT2D eigenvalue weighted by atomic mass is 10.4. The van der Waals surface area contributed by atoms with Crippen molar-refractivity contribution in [1.29, 1.82) is 0 Å². The Morgan fingerprint density at radius 1 is 0.862 bits per heavy atom. The molecule has 0 spiro atoms. The molecule has 1 heterocycles. The van der Waals surface area contributed by atoms with Crippen molar-refractivity contribution in [3.8, 4) is 0 Å². The number of halogens is 6. The fourth-order valence-electron chi connectivity index (χ4n) is 1.46. The van der Waals surface area contributed by atoms with Crippen molar-refractivity contribution in [2.45, 2.75) is 17.4 Å². The first-order valence-corrected chi connectivity index (χ1v) is 9.89. The van der Waals surface area contributed by atoms with Gasteiger partial charge in [0.25, 0.3) is 0 Å². The summed E-state index contributed by atoms with van der Waals surface area (Å²) < 4.78 is 108. The summed E-state index contributed by atoms with van der Waals surface area (Å²) >= 11 is 0. The second kappa shape index (κ2) is 9.48. The van der Waals surface area contributed by atoms with E-state index in [1.54, 1.807) is 11.1 Å². The maximum absolute atomic E-state index is 11.5. The third-order valence-corrected chi connectivity index (χ3v) is 5.66. The average Bonchev–Trinajstić information content (AvgIpc) is 2.89. The Balaban J connectivity index is 0.000000541. The zero-order valence-corrected chi connectivity index (χ0v) is 15.7. The molecule has 0 atom stereocenters. The van der Waals surface area contributed by atoms with Crippen molar-refractivity contribution in [2.24, 2.45) is 11.5 Å². The number of carbonyl (C=O) groups excluding carboxylic acids is 2. The first-order valence-electron chi connectivity index (χ1n) is 6.92. The first kappa shape index (κ1) is 26.7. The van der Waals surface area contributed by atoms with E-state index in [4.69, 9.17) is 11.5 Å². The van der Waals surface area contributed by atoms with Gasteiger partial charge in [0.15, 0.2) is 0 Å². The molecule has 0 aliphatic carbocycles. The lowest BCUT2D eigenvalue weighted by Crippen LogP contribution is -2.45. The first-order chi connectivity index (χ1) is 12.8. The molecule has 29 heavy (non-hydrogen) atoms. The maximum atomic E-state index is 11.5. The van der Waals surface area contributed by atoms with Crippen LogP contribution in [0.3, 0.4) is 0 Å². The molecule has 1 aliphatic rings. The fraction of sp³-hybridized carbons (Fsp3) is 0.600. The van der Waals surface area contributed by atoms with Gasteiger partial charge >= 0.3 is 31.1 Å². The molecule has 2 amide bonds. The van der Waals surface area contributed by atoms with Gasteiger partial charge in [-0.1, -0.05) is 4.13 Å². The molecule has 0 saturated carbocycles. The van der Waals surface area contributed by atoms with Gasteiger partial charge in [0, 0.05) is 25.4 Å². The zero-order valence-electron chi connectivity index (χ0n) is 14.1. The number of primary amides is 2. The van der Waals surface area contributed by atoms with E-state index in [2.05, 4.69) is 0 Å².